The third-order valence-corrected chi connectivity index (χ3v) is 6.12. The molecule has 0 saturated carbocycles. The van der Waals surface area contributed by atoms with Gasteiger partial charge >= 0.3 is 0 Å². The first kappa shape index (κ1) is 20.6. The zero-order chi connectivity index (χ0) is 19.9. The SMILES string of the molecule is CCN(CC)CCNC(=O)c1ccc(OC)c(-c2csc(N3CCCC3)n2)c1. The predicted octanol–water partition coefficient (Wildman–Crippen LogP) is 3.49. The van der Waals surface area contributed by atoms with Gasteiger partial charge in [0.25, 0.3) is 5.91 Å². The average molecular weight is 403 g/mol. The van der Waals surface area contributed by atoms with Crippen molar-refractivity contribution in [2.75, 3.05) is 51.3 Å². The molecule has 152 valence electrons. The van der Waals surface area contributed by atoms with E-state index < -0.39 is 0 Å². The van der Waals surface area contributed by atoms with Crippen LogP contribution in [0.4, 0.5) is 5.13 Å². The number of hydrogen-bond donors (Lipinski definition) is 1. The number of nitrogens with one attached hydrogen (secondary N) is 1. The van der Waals surface area contributed by atoms with Gasteiger partial charge in [0.1, 0.15) is 5.75 Å². The van der Waals surface area contributed by atoms with Crippen LogP contribution in [0.2, 0.25) is 0 Å². The quantitative estimate of drug-likeness (QED) is 0.696. The van der Waals surface area contributed by atoms with E-state index in [1.54, 1.807) is 18.4 Å². The molecule has 2 aromatic rings. The number of thiazole rings is 1. The Balaban J connectivity index is 1.73. The van der Waals surface area contributed by atoms with Crippen LogP contribution in [0.5, 0.6) is 5.75 Å². The Morgan fingerprint density at radius 3 is 2.71 bits per heavy atom. The summed E-state index contributed by atoms with van der Waals surface area (Å²) in [6, 6.07) is 5.54. The molecule has 1 amide bonds. The van der Waals surface area contributed by atoms with Crippen LogP contribution in [0.1, 0.15) is 37.0 Å². The molecule has 0 unspecified atom stereocenters. The van der Waals surface area contributed by atoms with Gasteiger partial charge in [-0.15, -0.1) is 11.3 Å². The van der Waals surface area contributed by atoms with E-state index in [2.05, 4.69) is 29.0 Å². The number of carbonyl (C=O) groups is 1. The number of benzene rings is 1. The van der Waals surface area contributed by atoms with Crippen LogP contribution >= 0.6 is 11.3 Å². The number of anilines is 1. The van der Waals surface area contributed by atoms with Crippen molar-refractivity contribution in [3.63, 3.8) is 0 Å². The zero-order valence-corrected chi connectivity index (χ0v) is 17.8. The summed E-state index contributed by atoms with van der Waals surface area (Å²) in [6.45, 7) is 9.87. The van der Waals surface area contributed by atoms with E-state index in [-0.39, 0.29) is 5.91 Å². The van der Waals surface area contributed by atoms with E-state index >= 15 is 0 Å². The minimum Gasteiger partial charge on any atom is -0.496 e. The van der Waals surface area contributed by atoms with Gasteiger partial charge in [0.05, 0.1) is 12.8 Å². The maximum atomic E-state index is 12.6. The van der Waals surface area contributed by atoms with Gasteiger partial charge in [-0.25, -0.2) is 4.98 Å². The van der Waals surface area contributed by atoms with Crippen molar-refractivity contribution in [1.82, 2.24) is 15.2 Å². The maximum Gasteiger partial charge on any atom is 0.251 e. The van der Waals surface area contributed by atoms with E-state index in [0.29, 0.717) is 12.1 Å². The molecule has 0 radical (unpaired) electrons. The highest BCUT2D eigenvalue weighted by molar-refractivity contribution is 7.14. The molecule has 28 heavy (non-hydrogen) atoms. The lowest BCUT2D eigenvalue weighted by atomic mass is 10.1. The summed E-state index contributed by atoms with van der Waals surface area (Å²) >= 11 is 1.65. The highest BCUT2D eigenvalue weighted by Gasteiger charge is 2.18. The smallest absolute Gasteiger partial charge is 0.251 e. The van der Waals surface area contributed by atoms with Crippen LogP contribution < -0.4 is 15.0 Å². The van der Waals surface area contributed by atoms with E-state index in [1.165, 1.54) is 12.8 Å². The maximum absolute atomic E-state index is 12.6. The number of hydrogen-bond acceptors (Lipinski definition) is 6. The number of rotatable bonds is 9. The van der Waals surface area contributed by atoms with Crippen molar-refractivity contribution in [3.8, 4) is 17.0 Å². The molecule has 6 nitrogen and oxygen atoms in total. The molecule has 1 N–H and O–H groups in total. The molecule has 0 bridgehead atoms. The number of nitrogens with zero attached hydrogens (tertiary/aromatic N) is 3. The van der Waals surface area contributed by atoms with Gasteiger partial charge in [-0.3, -0.25) is 4.79 Å². The number of ether oxygens (including phenoxy) is 1. The van der Waals surface area contributed by atoms with Crippen LogP contribution in [0.25, 0.3) is 11.3 Å². The monoisotopic (exact) mass is 402 g/mol. The zero-order valence-electron chi connectivity index (χ0n) is 17.0. The Labute approximate surface area is 171 Å². The van der Waals surface area contributed by atoms with Crippen LogP contribution in [-0.4, -0.2) is 62.2 Å². The lowest BCUT2D eigenvalue weighted by Crippen LogP contribution is -2.34. The molecule has 1 aliphatic rings. The first-order chi connectivity index (χ1) is 13.7. The molecule has 0 aliphatic carbocycles. The number of amides is 1. The van der Waals surface area contributed by atoms with Crippen LogP contribution in [0, 0.1) is 0 Å². The molecule has 1 aromatic carbocycles. The highest BCUT2D eigenvalue weighted by atomic mass is 32.1. The molecule has 1 aliphatic heterocycles. The lowest BCUT2D eigenvalue weighted by molar-refractivity contribution is 0.0949. The lowest BCUT2D eigenvalue weighted by Gasteiger charge is -2.18. The van der Waals surface area contributed by atoms with Gasteiger partial charge in [0.15, 0.2) is 5.13 Å². The number of methoxy groups -OCH3 is 1. The Morgan fingerprint density at radius 1 is 1.29 bits per heavy atom. The van der Waals surface area contributed by atoms with Crippen molar-refractivity contribution >= 4 is 22.4 Å². The Kier molecular flexibility index (Phi) is 7.28. The summed E-state index contributed by atoms with van der Waals surface area (Å²) in [7, 11) is 1.65. The molecule has 1 fully saturated rings. The van der Waals surface area contributed by atoms with E-state index in [4.69, 9.17) is 9.72 Å². The molecule has 2 heterocycles. The molecule has 0 spiro atoms. The van der Waals surface area contributed by atoms with E-state index in [9.17, 15) is 4.79 Å². The first-order valence-corrected chi connectivity index (χ1v) is 10.9. The van der Waals surface area contributed by atoms with Crippen LogP contribution in [0.3, 0.4) is 0 Å². The van der Waals surface area contributed by atoms with Crippen LogP contribution in [0.15, 0.2) is 23.6 Å². The van der Waals surface area contributed by atoms with Gasteiger partial charge in [-0.05, 0) is 44.1 Å². The molecule has 0 atom stereocenters. The molecule has 3 rings (SSSR count). The second kappa shape index (κ2) is 9.89. The topological polar surface area (TPSA) is 57.7 Å². The minimum absolute atomic E-state index is 0.0638. The fraction of sp³-hybridized carbons (Fsp3) is 0.524. The van der Waals surface area contributed by atoms with Gasteiger partial charge in [-0.2, -0.15) is 0 Å². The van der Waals surface area contributed by atoms with Crippen molar-refractivity contribution in [1.29, 1.82) is 0 Å². The second-order valence-corrected chi connectivity index (χ2v) is 7.74. The third-order valence-electron chi connectivity index (χ3n) is 5.21. The molecule has 1 saturated heterocycles. The van der Waals surface area contributed by atoms with Gasteiger partial charge in [0, 0.05) is 42.7 Å². The number of likely N-dealkylation sites (N-methyl/N-ethyl adjacent to an activating group) is 1. The molecular weight excluding hydrogens is 372 g/mol. The van der Waals surface area contributed by atoms with Gasteiger partial charge in [0.2, 0.25) is 0 Å². The summed E-state index contributed by atoms with van der Waals surface area (Å²) in [6.07, 6.45) is 2.45. The number of carbonyl (C=O) groups excluding carboxylic acids is 1. The molecular formula is C21H30N4O2S. The fourth-order valence-corrected chi connectivity index (χ4v) is 4.34. The highest BCUT2D eigenvalue weighted by Crippen LogP contribution is 2.35. The Hall–Kier alpha value is -2.12. The van der Waals surface area contributed by atoms with Crippen molar-refractivity contribution < 1.29 is 9.53 Å². The summed E-state index contributed by atoms with van der Waals surface area (Å²) in [5.74, 6) is 0.670. The predicted molar refractivity (Wildman–Crippen MR) is 116 cm³/mol. The molecule has 1 aromatic heterocycles. The summed E-state index contributed by atoms with van der Waals surface area (Å²) in [4.78, 5) is 22.0. The minimum atomic E-state index is -0.0638. The van der Waals surface area contributed by atoms with Crippen LogP contribution in [-0.2, 0) is 0 Å². The van der Waals surface area contributed by atoms with E-state index in [1.807, 2.05) is 23.6 Å². The van der Waals surface area contributed by atoms with Gasteiger partial charge in [-0.1, -0.05) is 13.8 Å². The standard InChI is InChI=1S/C21H30N4O2S/c1-4-24(5-2)13-10-22-20(26)16-8-9-19(27-3)17(14-16)18-15-28-21(23-18)25-11-6-7-12-25/h8-9,14-15H,4-7,10-13H2,1-3H3,(H,22,26). The van der Waals surface area contributed by atoms with E-state index in [0.717, 1.165) is 54.9 Å². The second-order valence-electron chi connectivity index (χ2n) is 6.91. The first-order valence-electron chi connectivity index (χ1n) is 10.1. The Morgan fingerprint density at radius 2 is 2.04 bits per heavy atom. The fourth-order valence-electron chi connectivity index (χ4n) is 3.46. The molecule has 7 heteroatoms. The largest absolute Gasteiger partial charge is 0.496 e. The van der Waals surface area contributed by atoms with Crippen molar-refractivity contribution in [2.45, 2.75) is 26.7 Å². The summed E-state index contributed by atoms with van der Waals surface area (Å²) < 4.78 is 5.52. The van der Waals surface area contributed by atoms with Gasteiger partial charge < -0.3 is 19.9 Å². The third kappa shape index (κ3) is 4.83. The van der Waals surface area contributed by atoms with Crippen molar-refractivity contribution in [2.24, 2.45) is 0 Å². The normalized spacial score (nSPS) is 13.9. The van der Waals surface area contributed by atoms with Crippen molar-refractivity contribution in [3.05, 3.63) is 29.1 Å². The summed E-state index contributed by atoms with van der Waals surface area (Å²) in [5.41, 5.74) is 2.35. The Bertz CT molecular complexity index is 782. The number of aromatic nitrogens is 1. The summed E-state index contributed by atoms with van der Waals surface area (Å²) in [5, 5.41) is 6.11. The average Bonchev–Trinajstić information content (AvgIpc) is 3.42.